The average molecular weight is 278 g/mol. The molecule has 0 saturated carbocycles. The second-order valence-electron chi connectivity index (χ2n) is 4.42. The van der Waals surface area contributed by atoms with E-state index in [-0.39, 0.29) is 18.5 Å². The molecular formula is C15H19FN2O2. The number of methoxy groups -OCH3 is 1. The number of carbonyl (C=O) groups excluding carboxylic acids is 1. The molecule has 1 rings (SSSR count). The van der Waals surface area contributed by atoms with Gasteiger partial charge in [0.25, 0.3) is 5.91 Å². The van der Waals surface area contributed by atoms with Gasteiger partial charge in [0.1, 0.15) is 5.82 Å². The molecule has 108 valence electrons. The van der Waals surface area contributed by atoms with Gasteiger partial charge in [0.15, 0.2) is 0 Å². The van der Waals surface area contributed by atoms with Crippen LogP contribution in [-0.2, 0) is 4.74 Å². The summed E-state index contributed by atoms with van der Waals surface area (Å²) < 4.78 is 18.3. The third-order valence-electron chi connectivity index (χ3n) is 2.93. The minimum absolute atomic E-state index is 0.0899. The number of rotatable bonds is 4. The lowest BCUT2D eigenvalue weighted by molar-refractivity contribution is 0.0633. The molecule has 0 aliphatic heterocycles. The molecule has 0 heterocycles. The van der Waals surface area contributed by atoms with Crippen molar-refractivity contribution >= 4 is 5.91 Å². The summed E-state index contributed by atoms with van der Waals surface area (Å²) in [5, 5.41) is 0. The smallest absolute Gasteiger partial charge is 0.255 e. The number of halogens is 1. The quantitative estimate of drug-likeness (QED) is 0.843. The van der Waals surface area contributed by atoms with Gasteiger partial charge >= 0.3 is 0 Å². The lowest BCUT2D eigenvalue weighted by Gasteiger charge is -2.24. The highest BCUT2D eigenvalue weighted by molar-refractivity contribution is 5.96. The van der Waals surface area contributed by atoms with Crippen molar-refractivity contribution in [1.29, 1.82) is 0 Å². The molecule has 0 spiro atoms. The maximum Gasteiger partial charge on any atom is 0.255 e. The van der Waals surface area contributed by atoms with Gasteiger partial charge in [-0.05, 0) is 25.1 Å². The van der Waals surface area contributed by atoms with E-state index in [1.54, 1.807) is 19.1 Å². The zero-order valence-electron chi connectivity index (χ0n) is 11.9. The van der Waals surface area contributed by atoms with Crippen molar-refractivity contribution in [1.82, 2.24) is 4.90 Å². The molecule has 1 aromatic carbocycles. The number of hydrogen-bond acceptors (Lipinski definition) is 3. The van der Waals surface area contributed by atoms with Crippen molar-refractivity contribution in [2.45, 2.75) is 13.0 Å². The SMILES string of the molecule is COCC(C)N(C)C(=O)c1ccc(F)cc1C#CCN. The molecule has 0 aromatic heterocycles. The lowest BCUT2D eigenvalue weighted by Crippen LogP contribution is -2.38. The second kappa shape index (κ2) is 7.63. The first-order chi connectivity index (χ1) is 9.51. The maximum atomic E-state index is 13.3. The van der Waals surface area contributed by atoms with Gasteiger partial charge < -0.3 is 15.4 Å². The number of carbonyl (C=O) groups is 1. The Bertz CT molecular complexity index is 534. The molecule has 0 radical (unpaired) electrons. The van der Waals surface area contributed by atoms with Crippen molar-refractivity contribution in [3.8, 4) is 11.8 Å². The first-order valence-corrected chi connectivity index (χ1v) is 6.25. The van der Waals surface area contributed by atoms with Gasteiger partial charge in [-0.2, -0.15) is 0 Å². The van der Waals surface area contributed by atoms with E-state index >= 15 is 0 Å². The van der Waals surface area contributed by atoms with Crippen LogP contribution in [0, 0.1) is 17.7 Å². The highest BCUT2D eigenvalue weighted by atomic mass is 19.1. The highest BCUT2D eigenvalue weighted by Gasteiger charge is 2.19. The molecule has 1 atom stereocenters. The molecule has 2 N–H and O–H groups in total. The summed E-state index contributed by atoms with van der Waals surface area (Å²) in [5.41, 5.74) is 6.01. The molecule has 0 bridgehead atoms. The third kappa shape index (κ3) is 4.05. The van der Waals surface area contributed by atoms with Crippen LogP contribution in [0.4, 0.5) is 4.39 Å². The van der Waals surface area contributed by atoms with E-state index in [0.717, 1.165) is 0 Å². The number of amides is 1. The maximum absolute atomic E-state index is 13.3. The minimum Gasteiger partial charge on any atom is -0.383 e. The fourth-order valence-electron chi connectivity index (χ4n) is 1.70. The van der Waals surface area contributed by atoms with E-state index in [2.05, 4.69) is 11.8 Å². The molecule has 5 heteroatoms. The average Bonchev–Trinajstić information content (AvgIpc) is 2.44. The minimum atomic E-state index is -0.435. The van der Waals surface area contributed by atoms with E-state index in [0.29, 0.717) is 17.7 Å². The Morgan fingerprint density at radius 3 is 2.85 bits per heavy atom. The van der Waals surface area contributed by atoms with E-state index in [1.165, 1.54) is 18.2 Å². The van der Waals surface area contributed by atoms with E-state index in [9.17, 15) is 9.18 Å². The van der Waals surface area contributed by atoms with Crippen molar-refractivity contribution < 1.29 is 13.9 Å². The van der Waals surface area contributed by atoms with Crippen LogP contribution >= 0.6 is 0 Å². The molecule has 0 saturated heterocycles. The molecule has 4 nitrogen and oxygen atoms in total. The summed E-state index contributed by atoms with van der Waals surface area (Å²) in [6, 6.07) is 3.84. The zero-order valence-corrected chi connectivity index (χ0v) is 11.9. The topological polar surface area (TPSA) is 55.6 Å². The summed E-state index contributed by atoms with van der Waals surface area (Å²) in [7, 11) is 3.25. The van der Waals surface area contributed by atoms with Gasteiger partial charge in [-0.25, -0.2) is 4.39 Å². The molecule has 20 heavy (non-hydrogen) atoms. The number of benzene rings is 1. The summed E-state index contributed by atoms with van der Waals surface area (Å²) in [4.78, 5) is 14.0. The number of hydrogen-bond donors (Lipinski definition) is 1. The van der Waals surface area contributed by atoms with E-state index < -0.39 is 5.82 Å². The van der Waals surface area contributed by atoms with Gasteiger partial charge in [0, 0.05) is 19.7 Å². The second-order valence-corrected chi connectivity index (χ2v) is 4.42. The van der Waals surface area contributed by atoms with Gasteiger partial charge in [-0.15, -0.1) is 0 Å². The Morgan fingerprint density at radius 1 is 1.55 bits per heavy atom. The summed E-state index contributed by atoms with van der Waals surface area (Å²) in [6.45, 7) is 2.45. The van der Waals surface area contributed by atoms with Crippen LogP contribution in [0.3, 0.4) is 0 Å². The highest BCUT2D eigenvalue weighted by Crippen LogP contribution is 2.14. The predicted octanol–water partition coefficient (Wildman–Crippen LogP) is 1.24. The first-order valence-electron chi connectivity index (χ1n) is 6.25. The number of nitrogens with two attached hydrogens (primary N) is 1. The normalized spacial score (nSPS) is 11.4. The van der Waals surface area contributed by atoms with Crippen molar-refractivity contribution in [3.05, 3.63) is 35.1 Å². The molecule has 1 amide bonds. The van der Waals surface area contributed by atoms with Gasteiger partial charge in [0.05, 0.1) is 24.8 Å². The van der Waals surface area contributed by atoms with Gasteiger partial charge in [-0.3, -0.25) is 4.79 Å². The fourth-order valence-corrected chi connectivity index (χ4v) is 1.70. The molecule has 1 unspecified atom stereocenters. The zero-order chi connectivity index (χ0) is 15.1. The van der Waals surface area contributed by atoms with Gasteiger partial charge in [-0.1, -0.05) is 11.8 Å². The van der Waals surface area contributed by atoms with Crippen molar-refractivity contribution in [2.75, 3.05) is 27.3 Å². The van der Waals surface area contributed by atoms with Crippen LogP contribution in [0.5, 0.6) is 0 Å². The Balaban J connectivity index is 3.09. The summed E-state index contributed by atoms with van der Waals surface area (Å²) in [6.07, 6.45) is 0. The molecule has 0 aliphatic carbocycles. The van der Waals surface area contributed by atoms with Crippen LogP contribution in [0.15, 0.2) is 18.2 Å². The van der Waals surface area contributed by atoms with Crippen LogP contribution in [0.25, 0.3) is 0 Å². The summed E-state index contributed by atoms with van der Waals surface area (Å²) in [5.74, 6) is 4.70. The van der Waals surface area contributed by atoms with Crippen LogP contribution in [-0.4, -0.2) is 44.2 Å². The Morgan fingerprint density at radius 2 is 2.25 bits per heavy atom. The Hall–Kier alpha value is -1.90. The number of nitrogens with zero attached hydrogens (tertiary/aromatic N) is 1. The third-order valence-corrected chi connectivity index (χ3v) is 2.93. The van der Waals surface area contributed by atoms with Crippen molar-refractivity contribution in [3.63, 3.8) is 0 Å². The predicted molar refractivity (Wildman–Crippen MR) is 75.8 cm³/mol. The summed E-state index contributed by atoms with van der Waals surface area (Å²) >= 11 is 0. The Labute approximate surface area is 118 Å². The molecule has 0 aliphatic rings. The molecule has 0 fully saturated rings. The van der Waals surface area contributed by atoms with E-state index in [1.807, 2.05) is 6.92 Å². The Kier molecular flexibility index (Phi) is 6.16. The standard InChI is InChI=1S/C15H19FN2O2/c1-11(10-20-3)18(2)15(19)14-7-6-13(16)9-12(14)5-4-8-17/h6-7,9,11H,8,10,17H2,1-3H3. The molecular weight excluding hydrogens is 259 g/mol. The molecule has 1 aromatic rings. The van der Waals surface area contributed by atoms with Crippen molar-refractivity contribution in [2.24, 2.45) is 5.73 Å². The van der Waals surface area contributed by atoms with Gasteiger partial charge in [0.2, 0.25) is 0 Å². The van der Waals surface area contributed by atoms with E-state index in [4.69, 9.17) is 10.5 Å². The van der Waals surface area contributed by atoms with Crippen LogP contribution in [0.1, 0.15) is 22.8 Å². The fraction of sp³-hybridized carbons (Fsp3) is 0.400. The van der Waals surface area contributed by atoms with Crippen LogP contribution < -0.4 is 5.73 Å². The number of likely N-dealkylation sites (N-methyl/N-ethyl adjacent to an activating group) is 1. The monoisotopic (exact) mass is 278 g/mol. The first kappa shape index (κ1) is 16.2. The lowest BCUT2D eigenvalue weighted by atomic mass is 10.1. The largest absolute Gasteiger partial charge is 0.383 e. The van der Waals surface area contributed by atoms with Crippen LogP contribution in [0.2, 0.25) is 0 Å². The number of ether oxygens (including phenoxy) is 1.